The molecule has 0 saturated heterocycles. The predicted molar refractivity (Wildman–Crippen MR) is 67.0 cm³/mol. The highest BCUT2D eigenvalue weighted by Crippen LogP contribution is 2.10. The van der Waals surface area contributed by atoms with Crippen molar-refractivity contribution in [3.8, 4) is 0 Å². The molecule has 0 radical (unpaired) electrons. The quantitative estimate of drug-likeness (QED) is 0.826. The molecule has 2 rings (SSSR count). The summed E-state index contributed by atoms with van der Waals surface area (Å²) in [6, 6.07) is 7.94. The number of carbonyl (C=O) groups is 1. The molecule has 0 aliphatic rings. The first-order valence-electron chi connectivity index (χ1n) is 5.74. The smallest absolute Gasteiger partial charge is 0.168 e. The van der Waals surface area contributed by atoms with Gasteiger partial charge in [-0.1, -0.05) is 12.1 Å². The average molecular weight is 247 g/mol. The van der Waals surface area contributed by atoms with Crippen molar-refractivity contribution in [2.75, 3.05) is 5.32 Å². The van der Waals surface area contributed by atoms with Gasteiger partial charge in [-0.15, -0.1) is 0 Å². The molecular weight excluding hydrogens is 233 g/mol. The zero-order valence-electron chi connectivity index (χ0n) is 10.1. The highest BCUT2D eigenvalue weighted by atomic mass is 19.1. The fourth-order valence-electron chi connectivity index (χ4n) is 1.66. The van der Waals surface area contributed by atoms with E-state index in [9.17, 15) is 9.18 Å². The van der Waals surface area contributed by atoms with Crippen molar-refractivity contribution in [1.29, 1.82) is 0 Å². The zero-order chi connectivity index (χ0) is 13.0. The van der Waals surface area contributed by atoms with Crippen LogP contribution in [0.4, 0.5) is 10.2 Å². The Morgan fingerprint density at radius 1 is 1.39 bits per heavy atom. The van der Waals surface area contributed by atoms with Gasteiger partial charge in [-0.25, -0.2) is 4.39 Å². The van der Waals surface area contributed by atoms with E-state index in [1.807, 2.05) is 6.92 Å². The molecule has 18 heavy (non-hydrogen) atoms. The Balaban J connectivity index is 2.03. The molecule has 94 valence electrons. The van der Waals surface area contributed by atoms with Gasteiger partial charge in [0.25, 0.3) is 0 Å². The molecule has 1 aromatic carbocycles. The van der Waals surface area contributed by atoms with E-state index < -0.39 is 0 Å². The first kappa shape index (κ1) is 12.3. The van der Waals surface area contributed by atoms with Crippen LogP contribution in [0.1, 0.15) is 23.0 Å². The van der Waals surface area contributed by atoms with Crippen LogP contribution in [0.5, 0.6) is 0 Å². The van der Waals surface area contributed by atoms with Gasteiger partial charge in [-0.05, 0) is 24.6 Å². The van der Waals surface area contributed by atoms with Gasteiger partial charge >= 0.3 is 0 Å². The molecule has 0 unspecified atom stereocenters. The highest BCUT2D eigenvalue weighted by molar-refractivity contribution is 5.73. The van der Waals surface area contributed by atoms with E-state index in [2.05, 4.69) is 10.4 Å². The summed E-state index contributed by atoms with van der Waals surface area (Å²) >= 11 is 0. The maximum absolute atomic E-state index is 12.7. The molecule has 0 aliphatic heterocycles. The lowest BCUT2D eigenvalue weighted by Gasteiger charge is -2.02. The molecule has 0 aliphatic carbocycles. The summed E-state index contributed by atoms with van der Waals surface area (Å²) in [5.74, 6) is 0.389. The minimum Gasteiger partial charge on any atom is -0.365 e. The van der Waals surface area contributed by atoms with Gasteiger partial charge in [0.1, 0.15) is 17.3 Å². The van der Waals surface area contributed by atoms with E-state index >= 15 is 0 Å². The largest absolute Gasteiger partial charge is 0.365 e. The molecule has 0 atom stereocenters. The van der Waals surface area contributed by atoms with Gasteiger partial charge in [0.2, 0.25) is 0 Å². The second-order valence-corrected chi connectivity index (χ2v) is 3.87. The number of benzene rings is 1. The summed E-state index contributed by atoms with van der Waals surface area (Å²) in [4.78, 5) is 10.8. The van der Waals surface area contributed by atoms with Crippen LogP contribution < -0.4 is 5.32 Å². The normalized spacial score (nSPS) is 10.3. The number of anilines is 1. The van der Waals surface area contributed by atoms with Crippen molar-refractivity contribution in [3.05, 3.63) is 47.4 Å². The van der Waals surface area contributed by atoms with E-state index in [1.54, 1.807) is 22.9 Å². The minimum absolute atomic E-state index is 0.253. The number of nitrogens with one attached hydrogen (secondary N) is 1. The molecule has 0 amide bonds. The zero-order valence-corrected chi connectivity index (χ0v) is 10.1. The molecule has 0 bridgehead atoms. The molecule has 5 heteroatoms. The van der Waals surface area contributed by atoms with E-state index in [-0.39, 0.29) is 5.82 Å². The predicted octanol–water partition coefficient (Wildman–Crippen LogP) is 2.47. The van der Waals surface area contributed by atoms with Crippen molar-refractivity contribution in [2.45, 2.75) is 20.0 Å². The lowest BCUT2D eigenvalue weighted by Crippen LogP contribution is -2.03. The lowest BCUT2D eigenvalue weighted by molar-refractivity contribution is 0.111. The summed E-state index contributed by atoms with van der Waals surface area (Å²) in [7, 11) is 0. The Labute approximate surface area is 104 Å². The second-order valence-electron chi connectivity index (χ2n) is 3.87. The van der Waals surface area contributed by atoms with Gasteiger partial charge in [-0.3, -0.25) is 9.48 Å². The monoisotopic (exact) mass is 247 g/mol. The third-order valence-corrected chi connectivity index (χ3v) is 2.62. The van der Waals surface area contributed by atoms with Crippen LogP contribution in [0, 0.1) is 5.82 Å². The van der Waals surface area contributed by atoms with Crippen LogP contribution in [-0.2, 0) is 13.1 Å². The van der Waals surface area contributed by atoms with Crippen molar-refractivity contribution < 1.29 is 9.18 Å². The number of aromatic nitrogens is 2. The number of rotatable bonds is 5. The molecule has 2 aromatic rings. The molecule has 1 N–H and O–H groups in total. The van der Waals surface area contributed by atoms with Crippen LogP contribution in [0.15, 0.2) is 30.3 Å². The summed E-state index contributed by atoms with van der Waals surface area (Å²) < 4.78 is 14.3. The number of halogens is 1. The Morgan fingerprint density at radius 3 is 2.67 bits per heavy atom. The molecular formula is C13H14FN3O. The summed E-state index contributed by atoms with van der Waals surface area (Å²) in [6.07, 6.45) is 0.777. The van der Waals surface area contributed by atoms with Crippen molar-refractivity contribution in [3.63, 3.8) is 0 Å². The lowest BCUT2D eigenvalue weighted by atomic mass is 10.2. The third kappa shape index (κ3) is 2.74. The van der Waals surface area contributed by atoms with Crippen LogP contribution in [0.25, 0.3) is 0 Å². The topological polar surface area (TPSA) is 46.9 Å². The maximum atomic E-state index is 12.7. The van der Waals surface area contributed by atoms with Gasteiger partial charge in [0.05, 0.1) is 0 Å². The second kappa shape index (κ2) is 5.44. The van der Waals surface area contributed by atoms with Crippen molar-refractivity contribution in [1.82, 2.24) is 9.78 Å². The first-order valence-corrected chi connectivity index (χ1v) is 5.74. The molecule has 0 saturated carbocycles. The standard InChI is InChI=1S/C13H14FN3O/c1-2-17-12(9-18)7-13(16-17)15-8-10-3-5-11(14)6-4-10/h3-7,9H,2,8H2,1H3,(H,15,16). The minimum atomic E-state index is -0.253. The fraction of sp³-hybridized carbons (Fsp3) is 0.231. The van der Waals surface area contributed by atoms with E-state index in [0.717, 1.165) is 11.8 Å². The maximum Gasteiger partial charge on any atom is 0.168 e. The molecule has 4 nitrogen and oxygen atoms in total. The molecule has 0 spiro atoms. The van der Waals surface area contributed by atoms with E-state index in [0.29, 0.717) is 24.6 Å². The Hall–Kier alpha value is -2.17. The number of hydrogen-bond acceptors (Lipinski definition) is 3. The summed E-state index contributed by atoms with van der Waals surface area (Å²) in [5.41, 5.74) is 1.49. The van der Waals surface area contributed by atoms with Crippen LogP contribution >= 0.6 is 0 Å². The Bertz CT molecular complexity index is 534. The van der Waals surface area contributed by atoms with Gasteiger partial charge in [0, 0.05) is 19.2 Å². The number of hydrogen-bond donors (Lipinski definition) is 1. The molecule has 0 fully saturated rings. The summed E-state index contributed by atoms with van der Waals surface area (Å²) in [5, 5.41) is 7.33. The Kier molecular flexibility index (Phi) is 3.72. The SMILES string of the molecule is CCn1nc(NCc2ccc(F)cc2)cc1C=O. The van der Waals surface area contributed by atoms with E-state index in [4.69, 9.17) is 0 Å². The number of aryl methyl sites for hydroxylation is 1. The van der Waals surface area contributed by atoms with Gasteiger partial charge < -0.3 is 5.32 Å². The Morgan fingerprint density at radius 2 is 2.11 bits per heavy atom. The number of aldehydes is 1. The summed E-state index contributed by atoms with van der Waals surface area (Å²) in [6.45, 7) is 3.11. The average Bonchev–Trinajstić information content (AvgIpc) is 2.80. The number of nitrogens with zero attached hydrogens (tertiary/aromatic N) is 2. The van der Waals surface area contributed by atoms with Crippen LogP contribution in [-0.4, -0.2) is 16.1 Å². The van der Waals surface area contributed by atoms with Crippen LogP contribution in [0.2, 0.25) is 0 Å². The molecule has 1 aromatic heterocycles. The number of carbonyl (C=O) groups excluding carboxylic acids is 1. The van der Waals surface area contributed by atoms with Gasteiger partial charge in [0.15, 0.2) is 6.29 Å². The van der Waals surface area contributed by atoms with Crippen LogP contribution in [0.3, 0.4) is 0 Å². The molecule has 1 heterocycles. The highest BCUT2D eigenvalue weighted by Gasteiger charge is 2.05. The van der Waals surface area contributed by atoms with Crippen molar-refractivity contribution >= 4 is 12.1 Å². The van der Waals surface area contributed by atoms with Gasteiger partial charge in [-0.2, -0.15) is 5.10 Å². The first-order chi connectivity index (χ1) is 8.72. The van der Waals surface area contributed by atoms with Crippen molar-refractivity contribution in [2.24, 2.45) is 0 Å². The fourth-order valence-corrected chi connectivity index (χ4v) is 1.66. The third-order valence-electron chi connectivity index (χ3n) is 2.62. The van der Waals surface area contributed by atoms with E-state index in [1.165, 1.54) is 12.1 Å².